The molecule has 0 spiro atoms. The molecule has 1 heterocycles. The van der Waals surface area contributed by atoms with Gasteiger partial charge in [0.2, 0.25) is 0 Å². The Bertz CT molecular complexity index is 300. The summed E-state index contributed by atoms with van der Waals surface area (Å²) in [4.78, 5) is 8.70. The first-order valence-electron chi connectivity index (χ1n) is 5.13. The van der Waals surface area contributed by atoms with Crippen LogP contribution in [0.4, 0.5) is 0 Å². The van der Waals surface area contributed by atoms with Crippen LogP contribution < -0.4 is 0 Å². The van der Waals surface area contributed by atoms with E-state index in [0.717, 1.165) is 5.69 Å². The monoisotopic (exact) mass is 350 g/mol. The Morgan fingerprint density at radius 3 is 2.56 bits per heavy atom. The van der Waals surface area contributed by atoms with E-state index < -0.39 is 0 Å². The summed E-state index contributed by atoms with van der Waals surface area (Å²) in [5.41, 5.74) is 0.967. The van der Waals surface area contributed by atoms with Gasteiger partial charge in [-0.3, -0.25) is 9.98 Å². The molecule has 2 rings (SSSR count). The minimum atomic E-state index is -0.106. The van der Waals surface area contributed by atoms with E-state index in [1.54, 1.807) is 6.20 Å². The van der Waals surface area contributed by atoms with Crippen molar-refractivity contribution in [2.75, 3.05) is 0 Å². The number of halogens is 2. The maximum atomic E-state index is 4.81. The summed E-state index contributed by atoms with van der Waals surface area (Å²) in [6.07, 6.45) is 8.88. The molecule has 0 aromatic carbocycles. The van der Waals surface area contributed by atoms with Gasteiger partial charge in [0.05, 0.1) is 11.7 Å². The van der Waals surface area contributed by atoms with E-state index in [1.165, 1.54) is 25.7 Å². The average molecular weight is 352 g/mol. The summed E-state index contributed by atoms with van der Waals surface area (Å²) in [5.74, 6) is 0. The molecule has 16 heavy (non-hydrogen) atoms. The van der Waals surface area contributed by atoms with Crippen molar-refractivity contribution in [2.24, 2.45) is 4.99 Å². The normalized spacial score (nSPS) is 16.4. The molecule has 1 saturated carbocycles. The van der Waals surface area contributed by atoms with Crippen LogP contribution in [0.15, 0.2) is 29.4 Å². The molecule has 1 aliphatic carbocycles. The molecule has 0 atom stereocenters. The molecule has 1 aliphatic rings. The van der Waals surface area contributed by atoms with Gasteiger partial charge in [0.25, 0.3) is 0 Å². The molecule has 1 aromatic heterocycles. The van der Waals surface area contributed by atoms with Crippen LogP contribution in [0.25, 0.3) is 0 Å². The molecule has 0 N–H and O–H groups in total. The molecule has 1 fully saturated rings. The van der Waals surface area contributed by atoms with Gasteiger partial charge in [0, 0.05) is 12.4 Å². The van der Waals surface area contributed by atoms with E-state index >= 15 is 0 Å². The van der Waals surface area contributed by atoms with Gasteiger partial charge >= 0.3 is 35.0 Å². The van der Waals surface area contributed by atoms with Gasteiger partial charge in [-0.1, -0.05) is 18.9 Å². The number of aliphatic imine (C=N–C) groups is 1. The average Bonchev–Trinajstić information content (AvgIpc) is 2.82. The number of hydrogen-bond donors (Lipinski definition) is 0. The fourth-order valence-corrected chi connectivity index (χ4v) is 1.69. The summed E-state index contributed by atoms with van der Waals surface area (Å²) in [7, 11) is 9.63. The van der Waals surface area contributed by atoms with E-state index in [9.17, 15) is 0 Å². The van der Waals surface area contributed by atoms with E-state index in [1.807, 2.05) is 24.4 Å². The molecule has 0 unspecified atom stereocenters. The van der Waals surface area contributed by atoms with E-state index in [0.29, 0.717) is 6.04 Å². The van der Waals surface area contributed by atoms with Crippen LogP contribution in [0, 0.1) is 0 Å². The van der Waals surface area contributed by atoms with E-state index in [-0.39, 0.29) is 15.9 Å². The zero-order valence-electron chi connectivity index (χ0n) is 8.76. The SMILES string of the molecule is C(=NC1CCCC1)c1ccccn1.[Cl][Pd][Cl]. The number of rotatable bonds is 2. The van der Waals surface area contributed by atoms with Crippen LogP contribution in [0.5, 0.6) is 0 Å². The van der Waals surface area contributed by atoms with Crippen LogP contribution in [-0.4, -0.2) is 17.2 Å². The molecule has 0 saturated heterocycles. The molecule has 5 heteroatoms. The Balaban J connectivity index is 0.000000386. The van der Waals surface area contributed by atoms with Crippen LogP contribution in [-0.2, 0) is 15.9 Å². The Morgan fingerprint density at radius 1 is 1.31 bits per heavy atom. The van der Waals surface area contributed by atoms with Gasteiger partial charge in [0.1, 0.15) is 0 Å². The van der Waals surface area contributed by atoms with Gasteiger partial charge in [-0.2, -0.15) is 0 Å². The van der Waals surface area contributed by atoms with Crippen molar-refractivity contribution >= 4 is 25.3 Å². The summed E-state index contributed by atoms with van der Waals surface area (Å²) < 4.78 is 0. The molecular weight excluding hydrogens is 337 g/mol. The van der Waals surface area contributed by atoms with Crippen LogP contribution >= 0.6 is 19.1 Å². The second kappa shape index (κ2) is 9.13. The predicted molar refractivity (Wildman–Crippen MR) is 65.8 cm³/mol. The number of nitrogens with zero attached hydrogens (tertiary/aromatic N) is 2. The second-order valence-electron chi connectivity index (χ2n) is 3.52. The van der Waals surface area contributed by atoms with Crippen molar-refractivity contribution in [3.8, 4) is 0 Å². The van der Waals surface area contributed by atoms with Gasteiger partial charge < -0.3 is 0 Å². The molecule has 2 nitrogen and oxygen atoms in total. The van der Waals surface area contributed by atoms with Gasteiger partial charge in [0.15, 0.2) is 0 Å². The van der Waals surface area contributed by atoms with Crippen molar-refractivity contribution in [1.82, 2.24) is 4.98 Å². The van der Waals surface area contributed by atoms with Crippen molar-refractivity contribution in [1.29, 1.82) is 0 Å². The summed E-state index contributed by atoms with van der Waals surface area (Å²) >= 11 is -0.106. The fraction of sp³-hybridized carbons (Fsp3) is 0.455. The number of pyridine rings is 1. The Kier molecular flexibility index (Phi) is 8.06. The summed E-state index contributed by atoms with van der Waals surface area (Å²) in [6.45, 7) is 0. The Hall–Kier alpha value is 0.0623. The topological polar surface area (TPSA) is 25.2 Å². The van der Waals surface area contributed by atoms with Crippen molar-refractivity contribution < 1.29 is 15.9 Å². The molecule has 0 radical (unpaired) electrons. The summed E-state index contributed by atoms with van der Waals surface area (Å²) in [5, 5.41) is 0. The second-order valence-corrected chi connectivity index (χ2v) is 5.88. The molecule has 0 aliphatic heterocycles. The summed E-state index contributed by atoms with van der Waals surface area (Å²) in [6, 6.07) is 6.45. The van der Waals surface area contributed by atoms with Gasteiger partial charge in [-0.15, -0.1) is 0 Å². The molecule has 92 valence electrons. The van der Waals surface area contributed by atoms with Crippen LogP contribution in [0.1, 0.15) is 31.4 Å². The van der Waals surface area contributed by atoms with Crippen molar-refractivity contribution in [3.63, 3.8) is 0 Å². The first kappa shape index (κ1) is 14.1. The maximum absolute atomic E-state index is 4.81. The van der Waals surface area contributed by atoms with E-state index in [4.69, 9.17) is 19.1 Å². The predicted octanol–water partition coefficient (Wildman–Crippen LogP) is 3.82. The zero-order chi connectivity index (χ0) is 11.6. The van der Waals surface area contributed by atoms with Crippen LogP contribution in [0.2, 0.25) is 0 Å². The van der Waals surface area contributed by atoms with Crippen molar-refractivity contribution in [3.05, 3.63) is 30.1 Å². The molecule has 0 bridgehead atoms. The fourth-order valence-electron chi connectivity index (χ4n) is 1.69. The Morgan fingerprint density at radius 2 is 2.00 bits per heavy atom. The quantitative estimate of drug-likeness (QED) is 0.587. The third kappa shape index (κ3) is 5.96. The van der Waals surface area contributed by atoms with Gasteiger partial charge in [-0.05, 0) is 25.0 Å². The first-order valence-corrected chi connectivity index (χ1v) is 9.13. The van der Waals surface area contributed by atoms with Crippen molar-refractivity contribution in [2.45, 2.75) is 31.7 Å². The van der Waals surface area contributed by atoms with Crippen LogP contribution in [0.3, 0.4) is 0 Å². The molecule has 0 amide bonds. The standard InChI is InChI=1S/C11H14N2.2ClH.Pd/c1-2-6-10(5-1)13-9-11-7-3-4-8-12-11;;;/h3-4,7-10H,1-2,5-6H2;2*1H;/q;;;+2/p-2. The number of hydrogen-bond acceptors (Lipinski definition) is 2. The minimum absolute atomic E-state index is 0.106. The molecule has 1 aromatic rings. The zero-order valence-corrected chi connectivity index (χ0v) is 11.8. The third-order valence-electron chi connectivity index (χ3n) is 2.43. The van der Waals surface area contributed by atoms with E-state index in [2.05, 4.69) is 9.98 Å². The third-order valence-corrected chi connectivity index (χ3v) is 2.43. The van der Waals surface area contributed by atoms with Gasteiger partial charge in [-0.25, -0.2) is 0 Å². The number of aromatic nitrogens is 1. The molecular formula is C11H14Cl2N2Pd. The Labute approximate surface area is 113 Å². The first-order chi connectivity index (χ1) is 7.86.